The zero-order valence-electron chi connectivity index (χ0n) is 17.5. The third-order valence-electron chi connectivity index (χ3n) is 5.21. The molecule has 7 heteroatoms. The first-order valence-corrected chi connectivity index (χ1v) is 12.2. The lowest BCUT2D eigenvalue weighted by Crippen LogP contribution is -2.02. The average Bonchev–Trinajstić information content (AvgIpc) is 3.09. The number of benzene rings is 3. The van der Waals surface area contributed by atoms with Gasteiger partial charge in [-0.05, 0) is 73.2 Å². The topological polar surface area (TPSA) is 48.3 Å². The van der Waals surface area contributed by atoms with E-state index < -0.39 is 9.84 Å². The fourth-order valence-corrected chi connectivity index (χ4v) is 4.34. The number of rotatable bonds is 6. The van der Waals surface area contributed by atoms with Gasteiger partial charge < -0.3 is 9.30 Å². The summed E-state index contributed by atoms with van der Waals surface area (Å²) in [5, 5.41) is 0.592. The minimum absolute atomic E-state index is 0.252. The fraction of sp³-hybridized carbons (Fsp3) is 0.120. The van der Waals surface area contributed by atoms with Crippen molar-refractivity contribution < 1.29 is 17.5 Å². The number of aromatic nitrogens is 1. The van der Waals surface area contributed by atoms with Gasteiger partial charge in [0.25, 0.3) is 0 Å². The van der Waals surface area contributed by atoms with Gasteiger partial charge in [0.2, 0.25) is 0 Å². The summed E-state index contributed by atoms with van der Waals surface area (Å²) in [7, 11) is -3.29. The molecule has 0 bridgehead atoms. The van der Waals surface area contributed by atoms with E-state index in [1.807, 2.05) is 29.7 Å². The molecule has 0 saturated heterocycles. The molecule has 0 aliphatic heterocycles. The van der Waals surface area contributed by atoms with Gasteiger partial charge in [-0.2, -0.15) is 0 Å². The van der Waals surface area contributed by atoms with Crippen LogP contribution in [0.4, 0.5) is 4.39 Å². The predicted octanol–water partition coefficient (Wildman–Crippen LogP) is 6.23. The maximum atomic E-state index is 13.5. The van der Waals surface area contributed by atoms with Crippen molar-refractivity contribution in [2.45, 2.75) is 18.4 Å². The van der Waals surface area contributed by atoms with Crippen molar-refractivity contribution in [2.75, 3.05) is 6.26 Å². The molecule has 0 saturated carbocycles. The van der Waals surface area contributed by atoms with Gasteiger partial charge in [0, 0.05) is 28.2 Å². The molecule has 0 aliphatic rings. The first-order valence-electron chi connectivity index (χ1n) is 9.88. The largest absolute Gasteiger partial charge is 0.489 e. The highest BCUT2D eigenvalue weighted by molar-refractivity contribution is 7.90. The second kappa shape index (κ2) is 8.81. The van der Waals surface area contributed by atoms with Crippen molar-refractivity contribution in [3.8, 4) is 22.7 Å². The van der Waals surface area contributed by atoms with Crippen LogP contribution in [0.15, 0.2) is 83.8 Å². The van der Waals surface area contributed by atoms with Crippen molar-refractivity contribution in [1.29, 1.82) is 0 Å². The summed E-state index contributed by atoms with van der Waals surface area (Å²) in [4.78, 5) is 0.252. The van der Waals surface area contributed by atoms with E-state index in [2.05, 4.69) is 0 Å². The number of hydrogen-bond acceptors (Lipinski definition) is 3. The van der Waals surface area contributed by atoms with Gasteiger partial charge >= 0.3 is 0 Å². The molecule has 0 N–H and O–H groups in total. The van der Waals surface area contributed by atoms with Crippen LogP contribution in [0.5, 0.6) is 5.75 Å². The summed E-state index contributed by atoms with van der Waals surface area (Å²) in [6.45, 7) is 2.28. The summed E-state index contributed by atoms with van der Waals surface area (Å²) in [6.07, 6.45) is 1.18. The number of hydrogen-bond donors (Lipinski definition) is 0. The molecule has 0 radical (unpaired) electrons. The Balaban J connectivity index is 1.77. The molecular weight excluding hydrogens is 449 g/mol. The first-order chi connectivity index (χ1) is 15.2. The monoisotopic (exact) mass is 469 g/mol. The van der Waals surface area contributed by atoms with Gasteiger partial charge in [0.05, 0.1) is 10.6 Å². The Morgan fingerprint density at radius 2 is 1.66 bits per heavy atom. The van der Waals surface area contributed by atoms with Crippen molar-refractivity contribution in [3.05, 3.63) is 101 Å². The molecule has 4 rings (SSSR count). The molecule has 0 fully saturated rings. The predicted molar refractivity (Wildman–Crippen MR) is 125 cm³/mol. The molecule has 4 nitrogen and oxygen atoms in total. The van der Waals surface area contributed by atoms with Gasteiger partial charge in [-0.25, -0.2) is 12.8 Å². The molecule has 1 aromatic heterocycles. The molecule has 0 aliphatic carbocycles. The number of nitrogens with zero attached hydrogens (tertiary/aromatic N) is 1. The number of sulfone groups is 1. The Morgan fingerprint density at radius 1 is 0.969 bits per heavy atom. The Labute approximate surface area is 191 Å². The molecule has 4 aromatic rings. The maximum Gasteiger partial charge on any atom is 0.175 e. The lowest BCUT2D eigenvalue weighted by molar-refractivity contribution is 0.305. The molecule has 0 spiro atoms. The van der Waals surface area contributed by atoms with Crippen molar-refractivity contribution in [2.24, 2.45) is 0 Å². The molecule has 0 amide bonds. The zero-order valence-corrected chi connectivity index (χ0v) is 19.1. The molecule has 0 unspecified atom stereocenters. The van der Waals surface area contributed by atoms with E-state index in [9.17, 15) is 12.8 Å². The zero-order chi connectivity index (χ0) is 22.9. The summed E-state index contributed by atoms with van der Waals surface area (Å²) < 4.78 is 45.1. The van der Waals surface area contributed by atoms with Crippen LogP contribution < -0.4 is 4.74 Å². The summed E-state index contributed by atoms with van der Waals surface area (Å²) >= 11 is 6.05. The van der Waals surface area contributed by atoms with Gasteiger partial charge in [-0.15, -0.1) is 0 Å². The maximum absolute atomic E-state index is 13.5. The summed E-state index contributed by atoms with van der Waals surface area (Å²) in [5.74, 6) is 0.340. The van der Waals surface area contributed by atoms with Gasteiger partial charge in [-0.3, -0.25) is 0 Å². The SMILES string of the molecule is Cc1c(COc2cccc(Cl)c2)cc(-c2ccc(S(C)(=O)=O)cc2)n1-c1ccc(F)cc1. The van der Waals surface area contributed by atoms with Crippen LogP contribution in [-0.4, -0.2) is 19.2 Å². The van der Waals surface area contributed by atoms with E-state index in [-0.39, 0.29) is 10.7 Å². The highest BCUT2D eigenvalue weighted by Crippen LogP contribution is 2.31. The molecule has 1 heterocycles. The van der Waals surface area contributed by atoms with Gasteiger partial charge in [-0.1, -0.05) is 29.8 Å². The molecule has 164 valence electrons. The summed E-state index contributed by atoms with van der Waals surface area (Å²) in [5.41, 5.74) is 4.34. The minimum atomic E-state index is -3.29. The van der Waals surface area contributed by atoms with Gasteiger partial charge in [0.15, 0.2) is 9.84 Å². The smallest absolute Gasteiger partial charge is 0.175 e. The fourth-order valence-electron chi connectivity index (χ4n) is 3.53. The van der Waals surface area contributed by atoms with E-state index in [0.717, 1.165) is 28.2 Å². The number of halogens is 2. The highest BCUT2D eigenvalue weighted by atomic mass is 35.5. The van der Waals surface area contributed by atoms with Gasteiger partial charge in [0.1, 0.15) is 18.2 Å². The van der Waals surface area contributed by atoms with Crippen molar-refractivity contribution >= 4 is 21.4 Å². The Hall–Kier alpha value is -3.09. The lowest BCUT2D eigenvalue weighted by atomic mass is 10.1. The third-order valence-corrected chi connectivity index (χ3v) is 6.57. The standard InChI is InChI=1S/C25H21ClFNO3S/c1-17-19(16-31-23-5-3-4-20(26)15-23)14-25(28(17)22-10-8-21(27)9-11-22)18-6-12-24(13-7-18)32(2,29)30/h3-15H,16H2,1-2H3. The minimum Gasteiger partial charge on any atom is -0.489 e. The number of ether oxygens (including phenoxy) is 1. The van der Waals surface area contributed by atoms with E-state index in [1.54, 1.807) is 48.5 Å². The Bertz CT molecular complexity index is 1360. The third kappa shape index (κ3) is 4.71. The van der Waals surface area contributed by atoms with Crippen LogP contribution in [0, 0.1) is 12.7 Å². The first kappa shape index (κ1) is 22.1. The lowest BCUT2D eigenvalue weighted by Gasteiger charge is -2.13. The second-order valence-electron chi connectivity index (χ2n) is 7.49. The van der Waals surface area contributed by atoms with Crippen LogP contribution in [-0.2, 0) is 16.4 Å². The van der Waals surface area contributed by atoms with Crippen LogP contribution in [0.1, 0.15) is 11.3 Å². The quantitative estimate of drug-likeness (QED) is 0.336. The molecule has 3 aromatic carbocycles. The highest BCUT2D eigenvalue weighted by Gasteiger charge is 2.17. The molecular formula is C25H21ClFNO3S. The van der Waals surface area contributed by atoms with E-state index >= 15 is 0 Å². The van der Waals surface area contributed by atoms with Crippen LogP contribution in [0.2, 0.25) is 5.02 Å². The second-order valence-corrected chi connectivity index (χ2v) is 9.95. The van der Waals surface area contributed by atoms with Crippen molar-refractivity contribution in [3.63, 3.8) is 0 Å². The normalized spacial score (nSPS) is 11.5. The van der Waals surface area contributed by atoms with Crippen molar-refractivity contribution in [1.82, 2.24) is 4.57 Å². The van der Waals surface area contributed by atoms with E-state index in [1.165, 1.54) is 18.4 Å². The Morgan fingerprint density at radius 3 is 2.28 bits per heavy atom. The summed E-state index contributed by atoms with van der Waals surface area (Å²) in [6, 6.07) is 22.1. The molecule has 32 heavy (non-hydrogen) atoms. The van der Waals surface area contributed by atoms with Crippen LogP contribution in [0.25, 0.3) is 16.9 Å². The Kier molecular flexibility index (Phi) is 6.09. The molecule has 0 atom stereocenters. The van der Waals surface area contributed by atoms with E-state index in [4.69, 9.17) is 16.3 Å². The van der Waals surface area contributed by atoms with Crippen LogP contribution >= 0.6 is 11.6 Å². The van der Waals surface area contributed by atoms with E-state index in [0.29, 0.717) is 17.4 Å². The average molecular weight is 470 g/mol. The van der Waals surface area contributed by atoms with Crippen LogP contribution in [0.3, 0.4) is 0 Å².